The van der Waals surface area contributed by atoms with Gasteiger partial charge in [-0.15, -0.1) is 0 Å². The number of hydrogen-bond donors (Lipinski definition) is 0. The fraction of sp³-hybridized carbons (Fsp3) is 0.423. The summed E-state index contributed by atoms with van der Waals surface area (Å²) in [6.07, 6.45) is 4.13. The van der Waals surface area contributed by atoms with Crippen LogP contribution in [0.1, 0.15) is 32.3 Å². The lowest BCUT2D eigenvalue weighted by Crippen LogP contribution is -2.52. The van der Waals surface area contributed by atoms with Crippen molar-refractivity contribution in [1.29, 1.82) is 0 Å². The van der Waals surface area contributed by atoms with E-state index in [1.165, 1.54) is 12.8 Å². The third-order valence-electron chi connectivity index (χ3n) is 6.94. The van der Waals surface area contributed by atoms with E-state index >= 15 is 0 Å². The summed E-state index contributed by atoms with van der Waals surface area (Å²) in [5.41, 5.74) is 2.98. The van der Waals surface area contributed by atoms with Crippen LogP contribution >= 0.6 is 23.2 Å². The Balaban J connectivity index is 1.49. The van der Waals surface area contributed by atoms with Gasteiger partial charge in [0, 0.05) is 61.1 Å². The molecule has 34 heavy (non-hydrogen) atoms. The van der Waals surface area contributed by atoms with Gasteiger partial charge in [-0.1, -0.05) is 35.3 Å². The van der Waals surface area contributed by atoms with Gasteiger partial charge in [0.25, 0.3) is 0 Å². The number of hydrogen-bond acceptors (Lipinski definition) is 6. The van der Waals surface area contributed by atoms with Crippen LogP contribution in [0.15, 0.2) is 42.6 Å². The Hall–Kier alpha value is -2.57. The van der Waals surface area contributed by atoms with Crippen molar-refractivity contribution in [2.45, 2.75) is 45.7 Å². The number of anilines is 3. The summed E-state index contributed by atoms with van der Waals surface area (Å²) in [7, 11) is 0. The zero-order valence-electron chi connectivity index (χ0n) is 19.9. The summed E-state index contributed by atoms with van der Waals surface area (Å²) < 4.78 is 0. The average Bonchev–Trinajstić information content (AvgIpc) is 3.26. The molecule has 0 saturated carbocycles. The van der Waals surface area contributed by atoms with Crippen LogP contribution in [-0.2, 0) is 0 Å². The molecule has 1 aromatic carbocycles. The molecule has 2 atom stereocenters. The lowest BCUT2D eigenvalue weighted by molar-refractivity contribution is 0.542. The highest BCUT2D eigenvalue weighted by Crippen LogP contribution is 2.33. The predicted molar refractivity (Wildman–Crippen MR) is 142 cm³/mol. The number of aryl methyl sites for hydroxylation is 1. The molecule has 0 unspecified atom stereocenters. The Morgan fingerprint density at radius 3 is 2.47 bits per heavy atom. The molecule has 0 amide bonds. The van der Waals surface area contributed by atoms with E-state index in [1.807, 2.05) is 25.1 Å². The van der Waals surface area contributed by atoms with Gasteiger partial charge in [-0.2, -0.15) is 4.98 Å². The minimum absolute atomic E-state index is 0.236. The SMILES string of the molecule is Cc1ccc(-c2cc(N3CCN(c4ncccc4Cl)C[C@H]3C)nc(N3CCC[C@@H]3C)n2)cc1Cl. The first-order valence-corrected chi connectivity index (χ1v) is 12.7. The molecule has 6 nitrogen and oxygen atoms in total. The molecule has 2 saturated heterocycles. The van der Waals surface area contributed by atoms with Crippen molar-refractivity contribution in [3.05, 3.63) is 58.2 Å². The molecule has 2 aliphatic rings. The summed E-state index contributed by atoms with van der Waals surface area (Å²) >= 11 is 12.9. The van der Waals surface area contributed by atoms with Gasteiger partial charge in [0.15, 0.2) is 0 Å². The van der Waals surface area contributed by atoms with Gasteiger partial charge in [0.05, 0.1) is 10.7 Å². The Labute approximate surface area is 211 Å². The zero-order valence-corrected chi connectivity index (χ0v) is 21.4. The monoisotopic (exact) mass is 496 g/mol. The molecule has 0 bridgehead atoms. The highest BCUT2D eigenvalue weighted by Gasteiger charge is 2.29. The van der Waals surface area contributed by atoms with Crippen LogP contribution in [-0.4, -0.2) is 53.2 Å². The molecule has 178 valence electrons. The highest BCUT2D eigenvalue weighted by molar-refractivity contribution is 6.33. The van der Waals surface area contributed by atoms with E-state index in [4.69, 9.17) is 33.2 Å². The van der Waals surface area contributed by atoms with Gasteiger partial charge in [-0.25, -0.2) is 9.97 Å². The molecular formula is C26H30Cl2N6. The minimum atomic E-state index is 0.236. The number of piperazine rings is 1. The molecule has 8 heteroatoms. The number of aromatic nitrogens is 3. The van der Waals surface area contributed by atoms with Crippen LogP contribution in [0.25, 0.3) is 11.3 Å². The summed E-state index contributed by atoms with van der Waals surface area (Å²) in [5.74, 6) is 2.60. The van der Waals surface area contributed by atoms with E-state index in [0.717, 1.165) is 65.6 Å². The normalized spacial score (nSPS) is 20.8. The van der Waals surface area contributed by atoms with Gasteiger partial charge >= 0.3 is 0 Å². The standard InChI is InChI=1S/C26H30Cl2N6/c1-17-8-9-20(14-22(17)28)23-15-24(31-26(30-23)34-11-5-6-18(34)2)33-13-12-32(16-19(33)3)25-21(27)7-4-10-29-25/h4,7-10,14-15,18-19H,5-6,11-13,16H2,1-3H3/t18-,19+/m0/s1. The maximum atomic E-state index is 6.47. The first kappa shape index (κ1) is 23.2. The fourth-order valence-electron chi connectivity index (χ4n) is 4.93. The van der Waals surface area contributed by atoms with Crippen LogP contribution in [0.4, 0.5) is 17.6 Å². The topological polar surface area (TPSA) is 48.4 Å². The first-order valence-electron chi connectivity index (χ1n) is 11.9. The number of rotatable bonds is 4. The van der Waals surface area contributed by atoms with E-state index in [-0.39, 0.29) is 6.04 Å². The second-order valence-electron chi connectivity index (χ2n) is 9.36. The molecule has 3 aromatic rings. The Kier molecular flexibility index (Phi) is 6.54. The van der Waals surface area contributed by atoms with E-state index in [0.29, 0.717) is 11.1 Å². The van der Waals surface area contributed by atoms with Crippen LogP contribution in [0.5, 0.6) is 0 Å². The summed E-state index contributed by atoms with van der Waals surface area (Å²) in [5, 5.41) is 1.44. The van der Waals surface area contributed by atoms with Crippen molar-refractivity contribution in [2.24, 2.45) is 0 Å². The molecule has 2 aliphatic heterocycles. The van der Waals surface area contributed by atoms with Crippen molar-refractivity contribution in [1.82, 2.24) is 15.0 Å². The smallest absolute Gasteiger partial charge is 0.228 e. The van der Waals surface area contributed by atoms with Crippen molar-refractivity contribution in [2.75, 3.05) is 40.9 Å². The summed E-state index contributed by atoms with van der Waals surface area (Å²) in [6.45, 7) is 9.96. The van der Waals surface area contributed by atoms with E-state index in [9.17, 15) is 0 Å². The molecule has 0 spiro atoms. The summed E-state index contributed by atoms with van der Waals surface area (Å²) in [4.78, 5) is 21.5. The number of benzene rings is 1. The van der Waals surface area contributed by atoms with Crippen molar-refractivity contribution >= 4 is 40.8 Å². The Morgan fingerprint density at radius 1 is 0.912 bits per heavy atom. The van der Waals surface area contributed by atoms with Gasteiger partial charge in [-0.3, -0.25) is 0 Å². The van der Waals surface area contributed by atoms with E-state index in [1.54, 1.807) is 6.20 Å². The largest absolute Gasteiger partial charge is 0.352 e. The van der Waals surface area contributed by atoms with E-state index in [2.05, 4.69) is 51.7 Å². The first-order chi connectivity index (χ1) is 16.4. The third-order valence-corrected chi connectivity index (χ3v) is 7.64. The highest BCUT2D eigenvalue weighted by atomic mass is 35.5. The number of nitrogens with zero attached hydrogens (tertiary/aromatic N) is 6. The van der Waals surface area contributed by atoms with Crippen LogP contribution in [0.2, 0.25) is 10.0 Å². The average molecular weight is 497 g/mol. The van der Waals surface area contributed by atoms with Gasteiger partial charge in [-0.05, 0) is 57.4 Å². The van der Waals surface area contributed by atoms with E-state index < -0.39 is 0 Å². The molecule has 5 rings (SSSR count). The van der Waals surface area contributed by atoms with Crippen LogP contribution in [0, 0.1) is 6.92 Å². The van der Waals surface area contributed by atoms with Gasteiger partial charge < -0.3 is 14.7 Å². The molecular weight excluding hydrogens is 467 g/mol. The molecule has 4 heterocycles. The zero-order chi connectivity index (χ0) is 23.8. The molecule has 0 N–H and O–H groups in total. The van der Waals surface area contributed by atoms with Crippen LogP contribution < -0.4 is 14.7 Å². The predicted octanol–water partition coefficient (Wildman–Crippen LogP) is 5.86. The minimum Gasteiger partial charge on any atom is -0.352 e. The van der Waals surface area contributed by atoms with Gasteiger partial charge in [0.1, 0.15) is 11.6 Å². The van der Waals surface area contributed by atoms with Crippen LogP contribution in [0.3, 0.4) is 0 Å². The van der Waals surface area contributed by atoms with Crippen molar-refractivity contribution in [3.63, 3.8) is 0 Å². The molecule has 0 aliphatic carbocycles. The molecule has 2 aromatic heterocycles. The van der Waals surface area contributed by atoms with Gasteiger partial charge in [0.2, 0.25) is 5.95 Å². The lowest BCUT2D eigenvalue weighted by atomic mass is 10.1. The molecule has 0 radical (unpaired) electrons. The fourth-order valence-corrected chi connectivity index (χ4v) is 5.35. The quantitative estimate of drug-likeness (QED) is 0.450. The Bertz CT molecular complexity index is 1190. The lowest BCUT2D eigenvalue weighted by Gasteiger charge is -2.41. The maximum Gasteiger partial charge on any atom is 0.228 e. The second kappa shape index (κ2) is 9.59. The maximum absolute atomic E-state index is 6.47. The second-order valence-corrected chi connectivity index (χ2v) is 10.2. The third kappa shape index (κ3) is 4.53. The summed E-state index contributed by atoms with van der Waals surface area (Å²) in [6, 6.07) is 12.7. The number of halogens is 2. The van der Waals surface area contributed by atoms with Crippen molar-refractivity contribution < 1.29 is 0 Å². The molecule has 2 fully saturated rings. The Morgan fingerprint density at radius 2 is 1.76 bits per heavy atom. The van der Waals surface area contributed by atoms with Crippen molar-refractivity contribution in [3.8, 4) is 11.3 Å². The number of pyridine rings is 1.